The van der Waals surface area contributed by atoms with Gasteiger partial charge in [0.1, 0.15) is 0 Å². The molecule has 0 amide bonds. The lowest BCUT2D eigenvalue weighted by Gasteiger charge is -2.29. The molecule has 1 N–H and O–H groups in total. The van der Waals surface area contributed by atoms with E-state index in [4.69, 9.17) is 9.47 Å². The van der Waals surface area contributed by atoms with Crippen LogP contribution < -0.4 is 5.32 Å². The normalized spacial score (nSPS) is 16.8. The molecular formula is C18H20N2O6. The highest BCUT2D eigenvalue weighted by Crippen LogP contribution is 2.42. The molecule has 8 heteroatoms. The van der Waals surface area contributed by atoms with Crippen molar-refractivity contribution in [3.63, 3.8) is 0 Å². The van der Waals surface area contributed by atoms with Crippen LogP contribution in [0.4, 0.5) is 5.69 Å². The molecular weight excluding hydrogens is 340 g/mol. The Morgan fingerprint density at radius 3 is 2.27 bits per heavy atom. The van der Waals surface area contributed by atoms with Crippen molar-refractivity contribution in [2.24, 2.45) is 0 Å². The quantitative estimate of drug-likeness (QED) is 0.488. The Labute approximate surface area is 150 Å². The molecule has 1 heterocycles. The third-order valence-corrected chi connectivity index (χ3v) is 4.11. The van der Waals surface area contributed by atoms with Crippen LogP contribution in [0.3, 0.4) is 0 Å². The molecule has 0 fully saturated rings. The van der Waals surface area contributed by atoms with Crippen molar-refractivity contribution in [2.75, 3.05) is 13.7 Å². The summed E-state index contributed by atoms with van der Waals surface area (Å²) in [5.41, 5.74) is 1.24. The van der Waals surface area contributed by atoms with Crippen LogP contribution >= 0.6 is 0 Å². The molecule has 1 aliphatic heterocycles. The van der Waals surface area contributed by atoms with Crippen LogP contribution in [-0.2, 0) is 19.1 Å². The summed E-state index contributed by atoms with van der Waals surface area (Å²) in [6.45, 7) is 5.10. The van der Waals surface area contributed by atoms with Gasteiger partial charge in [-0.1, -0.05) is 18.2 Å². The highest BCUT2D eigenvalue weighted by Gasteiger charge is 2.40. The molecule has 2 rings (SSSR count). The summed E-state index contributed by atoms with van der Waals surface area (Å²) in [5.74, 6) is -2.29. The summed E-state index contributed by atoms with van der Waals surface area (Å²) < 4.78 is 9.97. The van der Waals surface area contributed by atoms with Gasteiger partial charge in [0.25, 0.3) is 5.69 Å². The van der Waals surface area contributed by atoms with Gasteiger partial charge in [0, 0.05) is 23.0 Å². The molecule has 26 heavy (non-hydrogen) atoms. The molecule has 138 valence electrons. The number of carbonyl (C=O) groups is 2. The number of nitro benzene ring substituents is 1. The van der Waals surface area contributed by atoms with Gasteiger partial charge in [-0.3, -0.25) is 10.1 Å². The highest BCUT2D eigenvalue weighted by atomic mass is 16.6. The van der Waals surface area contributed by atoms with Crippen molar-refractivity contribution < 1.29 is 24.0 Å². The van der Waals surface area contributed by atoms with E-state index in [1.54, 1.807) is 26.8 Å². The molecule has 1 aromatic carbocycles. The molecule has 0 saturated heterocycles. The van der Waals surface area contributed by atoms with Gasteiger partial charge in [-0.2, -0.15) is 0 Å². The first kappa shape index (κ1) is 19.2. The van der Waals surface area contributed by atoms with Crippen LogP contribution in [0.1, 0.15) is 32.3 Å². The Balaban J connectivity index is 2.77. The molecule has 0 aromatic heterocycles. The van der Waals surface area contributed by atoms with Crippen LogP contribution in [0.15, 0.2) is 46.8 Å². The number of allylic oxidation sites excluding steroid dienone is 2. The zero-order valence-corrected chi connectivity index (χ0v) is 15.0. The molecule has 0 spiro atoms. The average molecular weight is 360 g/mol. The lowest BCUT2D eigenvalue weighted by Crippen LogP contribution is -2.32. The minimum Gasteiger partial charge on any atom is -0.466 e. The topological polar surface area (TPSA) is 108 Å². The Kier molecular flexibility index (Phi) is 5.76. The van der Waals surface area contributed by atoms with E-state index in [1.165, 1.54) is 25.3 Å². The van der Waals surface area contributed by atoms with Crippen molar-refractivity contribution in [2.45, 2.75) is 26.7 Å². The predicted octanol–water partition coefficient (Wildman–Crippen LogP) is 2.57. The molecule has 0 saturated carbocycles. The second kappa shape index (κ2) is 7.81. The van der Waals surface area contributed by atoms with E-state index in [0.717, 1.165) is 0 Å². The fourth-order valence-electron chi connectivity index (χ4n) is 3.06. The minimum atomic E-state index is -0.968. The summed E-state index contributed by atoms with van der Waals surface area (Å²) in [7, 11) is 1.22. The molecule has 0 radical (unpaired) electrons. The molecule has 1 aliphatic rings. The number of methoxy groups -OCH3 is 1. The van der Waals surface area contributed by atoms with Gasteiger partial charge in [-0.05, 0) is 20.8 Å². The highest BCUT2D eigenvalue weighted by molar-refractivity contribution is 6.00. The van der Waals surface area contributed by atoms with Crippen molar-refractivity contribution >= 4 is 17.6 Å². The van der Waals surface area contributed by atoms with Crippen LogP contribution in [0.2, 0.25) is 0 Å². The Morgan fingerprint density at radius 1 is 1.15 bits per heavy atom. The lowest BCUT2D eigenvalue weighted by atomic mass is 9.79. The summed E-state index contributed by atoms with van der Waals surface area (Å²) in [5, 5.41) is 14.5. The molecule has 1 aromatic rings. The van der Waals surface area contributed by atoms with Crippen LogP contribution in [-0.4, -0.2) is 30.6 Å². The third kappa shape index (κ3) is 3.44. The zero-order chi connectivity index (χ0) is 19.4. The summed E-state index contributed by atoms with van der Waals surface area (Å²) >= 11 is 0. The fraction of sp³-hybridized carbons (Fsp3) is 0.333. The van der Waals surface area contributed by atoms with Gasteiger partial charge in [0.15, 0.2) is 0 Å². The number of benzene rings is 1. The number of rotatable bonds is 5. The van der Waals surface area contributed by atoms with E-state index in [1.807, 2.05) is 0 Å². The molecule has 1 atom stereocenters. The van der Waals surface area contributed by atoms with Crippen LogP contribution in [0.25, 0.3) is 0 Å². The van der Waals surface area contributed by atoms with Crippen molar-refractivity contribution in [1.82, 2.24) is 5.32 Å². The van der Waals surface area contributed by atoms with E-state index in [2.05, 4.69) is 5.32 Å². The van der Waals surface area contributed by atoms with Crippen LogP contribution in [0.5, 0.6) is 0 Å². The van der Waals surface area contributed by atoms with Gasteiger partial charge in [0.05, 0.1) is 35.7 Å². The number of hydrogen-bond acceptors (Lipinski definition) is 7. The maximum Gasteiger partial charge on any atom is 0.336 e. The Morgan fingerprint density at radius 2 is 1.73 bits per heavy atom. The molecule has 8 nitrogen and oxygen atoms in total. The van der Waals surface area contributed by atoms with E-state index in [9.17, 15) is 19.7 Å². The largest absolute Gasteiger partial charge is 0.466 e. The Hall–Kier alpha value is -3.16. The number of hydrogen-bond donors (Lipinski definition) is 1. The number of nitrogens with zero attached hydrogens (tertiary/aromatic N) is 1. The molecule has 0 aliphatic carbocycles. The average Bonchev–Trinajstić information content (AvgIpc) is 2.60. The standard InChI is InChI=1S/C18H20N2O6/c1-5-26-18(22)15-11(3)19-10(2)14(17(21)25-4)16(15)12-8-6-7-9-13(12)20(23)24/h6-9,16,19H,5H2,1-4H3. The first-order valence-corrected chi connectivity index (χ1v) is 8.00. The maximum atomic E-state index is 12.6. The summed E-state index contributed by atoms with van der Waals surface area (Å²) in [6.07, 6.45) is 0. The zero-order valence-electron chi connectivity index (χ0n) is 15.0. The first-order chi connectivity index (χ1) is 12.3. The maximum absolute atomic E-state index is 12.6. The van der Waals surface area contributed by atoms with E-state index < -0.39 is 22.8 Å². The lowest BCUT2D eigenvalue weighted by molar-refractivity contribution is -0.385. The van der Waals surface area contributed by atoms with Crippen LogP contribution in [0, 0.1) is 10.1 Å². The van der Waals surface area contributed by atoms with Crippen molar-refractivity contribution in [3.8, 4) is 0 Å². The van der Waals surface area contributed by atoms with E-state index in [0.29, 0.717) is 11.4 Å². The van der Waals surface area contributed by atoms with E-state index in [-0.39, 0.29) is 29.0 Å². The number of nitrogens with one attached hydrogen (secondary N) is 1. The Bertz CT molecular complexity index is 825. The monoisotopic (exact) mass is 360 g/mol. The van der Waals surface area contributed by atoms with Gasteiger partial charge in [-0.25, -0.2) is 9.59 Å². The van der Waals surface area contributed by atoms with Gasteiger partial charge >= 0.3 is 11.9 Å². The number of nitro groups is 1. The number of dihydropyridines is 1. The molecule has 1 unspecified atom stereocenters. The van der Waals surface area contributed by atoms with Crippen molar-refractivity contribution in [3.05, 3.63) is 62.5 Å². The van der Waals surface area contributed by atoms with Gasteiger partial charge in [-0.15, -0.1) is 0 Å². The summed E-state index contributed by atoms with van der Waals surface area (Å²) in [4.78, 5) is 35.9. The number of carbonyl (C=O) groups excluding carboxylic acids is 2. The van der Waals surface area contributed by atoms with Gasteiger partial charge < -0.3 is 14.8 Å². The predicted molar refractivity (Wildman–Crippen MR) is 93.0 cm³/mol. The summed E-state index contributed by atoms with van der Waals surface area (Å²) in [6, 6.07) is 6.00. The minimum absolute atomic E-state index is 0.134. The number of para-hydroxylation sites is 1. The van der Waals surface area contributed by atoms with Gasteiger partial charge in [0.2, 0.25) is 0 Å². The van der Waals surface area contributed by atoms with Crippen molar-refractivity contribution in [1.29, 1.82) is 0 Å². The number of esters is 2. The second-order valence-corrected chi connectivity index (χ2v) is 5.66. The van der Waals surface area contributed by atoms with E-state index >= 15 is 0 Å². The number of ether oxygens (including phenoxy) is 2. The third-order valence-electron chi connectivity index (χ3n) is 4.11. The SMILES string of the molecule is CCOC(=O)C1=C(C)NC(C)=C(C(=O)OC)C1c1ccccc1[N+](=O)[O-]. The smallest absolute Gasteiger partial charge is 0.336 e. The fourth-order valence-corrected chi connectivity index (χ4v) is 3.06. The second-order valence-electron chi connectivity index (χ2n) is 5.66. The molecule has 0 bridgehead atoms. The first-order valence-electron chi connectivity index (χ1n) is 8.00.